The van der Waals surface area contributed by atoms with Crippen LogP contribution in [0, 0.1) is 0 Å². The number of rotatable bonds is 4. The lowest BCUT2D eigenvalue weighted by molar-refractivity contribution is -0.242. The SMILES string of the molecule is CC(O)(C(=O)Nc1ccc(S(=O)(=O)N2CCC(O)C2)c(Cl)c1Cl)C(F)(F)F. The van der Waals surface area contributed by atoms with E-state index in [9.17, 15) is 36.6 Å². The molecule has 1 saturated heterocycles. The van der Waals surface area contributed by atoms with Crippen LogP contribution in [0.5, 0.6) is 0 Å². The zero-order valence-electron chi connectivity index (χ0n) is 13.7. The summed E-state index contributed by atoms with van der Waals surface area (Å²) >= 11 is 11.9. The van der Waals surface area contributed by atoms with Crippen molar-refractivity contribution in [2.45, 2.75) is 36.1 Å². The number of β-amino-alcohol motifs (C(OH)–C–C–N with tert-alkyl or cyclic N) is 1. The third-order valence-corrected chi connectivity index (χ3v) is 6.93. The number of anilines is 1. The van der Waals surface area contributed by atoms with Gasteiger partial charge in [0.25, 0.3) is 5.91 Å². The average molecular weight is 451 g/mol. The van der Waals surface area contributed by atoms with E-state index in [0.717, 1.165) is 16.4 Å². The largest absolute Gasteiger partial charge is 0.426 e. The van der Waals surface area contributed by atoms with Crippen molar-refractivity contribution in [1.29, 1.82) is 0 Å². The molecule has 0 spiro atoms. The molecule has 0 aliphatic carbocycles. The van der Waals surface area contributed by atoms with E-state index in [2.05, 4.69) is 0 Å². The third-order valence-electron chi connectivity index (χ3n) is 4.03. The van der Waals surface area contributed by atoms with E-state index < -0.39 is 54.4 Å². The lowest BCUT2D eigenvalue weighted by Crippen LogP contribution is -2.52. The molecule has 152 valence electrons. The summed E-state index contributed by atoms with van der Waals surface area (Å²) in [6.07, 6.45) is -5.82. The van der Waals surface area contributed by atoms with Gasteiger partial charge < -0.3 is 15.5 Å². The van der Waals surface area contributed by atoms with E-state index in [0.29, 0.717) is 0 Å². The first-order valence-corrected chi connectivity index (χ1v) is 9.66. The van der Waals surface area contributed by atoms with Gasteiger partial charge in [-0.25, -0.2) is 8.42 Å². The summed E-state index contributed by atoms with van der Waals surface area (Å²) in [6, 6.07) is 1.92. The number of benzene rings is 1. The quantitative estimate of drug-likeness (QED) is 0.650. The molecule has 0 aromatic heterocycles. The molecule has 1 amide bonds. The number of aliphatic hydroxyl groups is 2. The summed E-state index contributed by atoms with van der Waals surface area (Å²) in [4.78, 5) is 11.3. The molecule has 2 atom stereocenters. The van der Waals surface area contributed by atoms with E-state index in [1.165, 1.54) is 0 Å². The van der Waals surface area contributed by atoms with Crippen molar-refractivity contribution in [3.05, 3.63) is 22.2 Å². The number of sulfonamides is 1. The van der Waals surface area contributed by atoms with Crippen LogP contribution in [-0.4, -0.2) is 59.8 Å². The molecule has 0 radical (unpaired) electrons. The van der Waals surface area contributed by atoms with Gasteiger partial charge in [0.2, 0.25) is 15.6 Å². The first-order chi connectivity index (χ1) is 12.2. The Bertz CT molecular complexity index is 861. The van der Waals surface area contributed by atoms with Gasteiger partial charge in [-0.15, -0.1) is 0 Å². The monoisotopic (exact) mass is 450 g/mol. The van der Waals surface area contributed by atoms with Gasteiger partial charge >= 0.3 is 6.18 Å². The topological polar surface area (TPSA) is 107 Å². The molecule has 27 heavy (non-hydrogen) atoms. The van der Waals surface area contributed by atoms with E-state index in [-0.39, 0.29) is 26.4 Å². The molecule has 1 heterocycles. The molecule has 1 aliphatic heterocycles. The number of halogens is 5. The summed E-state index contributed by atoms with van der Waals surface area (Å²) in [5.41, 5.74) is -4.10. The lowest BCUT2D eigenvalue weighted by atomic mass is 10.1. The van der Waals surface area contributed by atoms with Crippen molar-refractivity contribution in [3.8, 4) is 0 Å². The Morgan fingerprint density at radius 1 is 1.30 bits per heavy atom. The molecule has 0 saturated carbocycles. The Morgan fingerprint density at radius 3 is 2.37 bits per heavy atom. The maximum absolute atomic E-state index is 12.7. The standard InChI is InChI=1S/C14H15Cl2F3N2O5S/c1-13(24,14(17,18)19)12(23)20-8-2-3-9(11(16)10(8)15)27(25,26)21-5-4-7(22)6-21/h2-3,7,22,24H,4-6H2,1H3,(H,20,23). The van der Waals surface area contributed by atoms with Crippen molar-refractivity contribution >= 4 is 44.8 Å². The van der Waals surface area contributed by atoms with Crippen molar-refractivity contribution in [2.75, 3.05) is 18.4 Å². The van der Waals surface area contributed by atoms with Crippen LogP contribution in [0.3, 0.4) is 0 Å². The maximum Gasteiger partial charge on any atom is 0.426 e. The first-order valence-electron chi connectivity index (χ1n) is 7.46. The van der Waals surface area contributed by atoms with E-state index in [1.54, 1.807) is 5.32 Å². The van der Waals surface area contributed by atoms with Gasteiger partial charge in [-0.2, -0.15) is 17.5 Å². The summed E-state index contributed by atoms with van der Waals surface area (Å²) < 4.78 is 64.3. The highest BCUT2D eigenvalue weighted by Crippen LogP contribution is 2.38. The molecule has 7 nitrogen and oxygen atoms in total. The van der Waals surface area contributed by atoms with Crippen LogP contribution in [0.25, 0.3) is 0 Å². The fourth-order valence-electron chi connectivity index (χ4n) is 2.27. The fourth-order valence-corrected chi connectivity index (χ4v) is 4.55. The number of amides is 1. The molecule has 13 heteroatoms. The molecule has 1 aliphatic rings. The van der Waals surface area contributed by atoms with Gasteiger partial charge in [0, 0.05) is 13.1 Å². The second-order valence-electron chi connectivity index (χ2n) is 6.07. The van der Waals surface area contributed by atoms with Crippen molar-refractivity contribution in [3.63, 3.8) is 0 Å². The molecule has 1 aromatic rings. The number of carbonyl (C=O) groups is 1. The van der Waals surface area contributed by atoms with E-state index >= 15 is 0 Å². The number of hydrogen-bond acceptors (Lipinski definition) is 5. The molecular weight excluding hydrogens is 436 g/mol. The maximum atomic E-state index is 12.7. The Labute approximate surface area is 162 Å². The van der Waals surface area contributed by atoms with Crippen LogP contribution >= 0.6 is 23.2 Å². The highest BCUT2D eigenvalue weighted by molar-refractivity contribution is 7.89. The Hall–Kier alpha value is -1.11. The molecule has 3 N–H and O–H groups in total. The minimum atomic E-state index is -5.24. The van der Waals surface area contributed by atoms with Gasteiger partial charge in [-0.1, -0.05) is 23.2 Å². The highest BCUT2D eigenvalue weighted by atomic mass is 35.5. The summed E-state index contributed by atoms with van der Waals surface area (Å²) in [5, 5.41) is 19.6. The molecule has 1 fully saturated rings. The molecular formula is C14H15Cl2F3N2O5S. The normalized spacial score (nSPS) is 21.1. The van der Waals surface area contributed by atoms with Crippen molar-refractivity contribution < 1.29 is 36.6 Å². The summed E-state index contributed by atoms with van der Waals surface area (Å²) in [6.45, 7) is 0.183. The number of carbonyl (C=O) groups excluding carboxylic acids is 1. The number of aliphatic hydroxyl groups excluding tert-OH is 1. The third kappa shape index (κ3) is 4.17. The Kier molecular flexibility index (Phi) is 6.06. The number of nitrogens with zero attached hydrogens (tertiary/aromatic N) is 1. The number of nitrogens with one attached hydrogen (secondary N) is 1. The Morgan fingerprint density at radius 2 is 1.89 bits per heavy atom. The highest BCUT2D eigenvalue weighted by Gasteiger charge is 2.55. The van der Waals surface area contributed by atoms with Gasteiger partial charge in [0.15, 0.2) is 0 Å². The lowest BCUT2D eigenvalue weighted by Gasteiger charge is -2.25. The van der Waals surface area contributed by atoms with Crippen LogP contribution < -0.4 is 5.32 Å². The molecule has 2 unspecified atom stereocenters. The van der Waals surface area contributed by atoms with Crippen LogP contribution in [0.4, 0.5) is 18.9 Å². The van der Waals surface area contributed by atoms with Crippen molar-refractivity contribution in [1.82, 2.24) is 4.31 Å². The van der Waals surface area contributed by atoms with Crippen LogP contribution in [0.2, 0.25) is 10.0 Å². The minimum absolute atomic E-state index is 0.0599. The predicted octanol–water partition coefficient (Wildman–Crippen LogP) is 2.00. The number of alkyl halides is 3. The predicted molar refractivity (Wildman–Crippen MR) is 91.2 cm³/mol. The summed E-state index contributed by atoms with van der Waals surface area (Å²) in [7, 11) is -4.11. The van der Waals surface area contributed by atoms with Crippen LogP contribution in [-0.2, 0) is 14.8 Å². The van der Waals surface area contributed by atoms with Gasteiger partial charge in [-0.3, -0.25) is 4.79 Å². The van der Waals surface area contributed by atoms with Crippen LogP contribution in [0.15, 0.2) is 17.0 Å². The Balaban J connectivity index is 2.34. The average Bonchev–Trinajstić information content (AvgIpc) is 2.97. The van der Waals surface area contributed by atoms with Gasteiger partial charge in [0.1, 0.15) is 4.90 Å². The van der Waals surface area contributed by atoms with E-state index in [4.69, 9.17) is 23.2 Å². The van der Waals surface area contributed by atoms with E-state index in [1.807, 2.05) is 0 Å². The van der Waals surface area contributed by atoms with Crippen molar-refractivity contribution in [2.24, 2.45) is 0 Å². The van der Waals surface area contributed by atoms with Gasteiger partial charge in [-0.05, 0) is 25.5 Å². The number of hydrogen-bond donors (Lipinski definition) is 3. The summed E-state index contributed by atoms with van der Waals surface area (Å²) in [5.74, 6) is -1.81. The van der Waals surface area contributed by atoms with Gasteiger partial charge in [0.05, 0.1) is 21.8 Å². The second-order valence-corrected chi connectivity index (χ2v) is 8.73. The fraction of sp³-hybridized carbons (Fsp3) is 0.500. The zero-order chi connectivity index (χ0) is 20.8. The molecule has 0 bridgehead atoms. The minimum Gasteiger partial charge on any atom is -0.392 e. The molecule has 2 rings (SSSR count). The first kappa shape index (κ1) is 22.2. The molecule has 1 aromatic carbocycles. The van der Waals surface area contributed by atoms with Crippen LogP contribution in [0.1, 0.15) is 13.3 Å². The smallest absolute Gasteiger partial charge is 0.392 e. The zero-order valence-corrected chi connectivity index (χ0v) is 16.0. The second kappa shape index (κ2) is 7.37.